The topological polar surface area (TPSA) is 92.5 Å². The number of rotatable bonds is 5. The Morgan fingerprint density at radius 3 is 2.67 bits per heavy atom. The van der Waals surface area contributed by atoms with Crippen molar-refractivity contribution < 1.29 is 14.8 Å². The van der Waals surface area contributed by atoms with Crippen molar-refractivity contribution in [1.29, 1.82) is 0 Å². The number of nitro benzene ring substituents is 1. The van der Waals surface area contributed by atoms with E-state index < -0.39 is 5.97 Å². The van der Waals surface area contributed by atoms with Crippen molar-refractivity contribution in [2.24, 2.45) is 11.8 Å². The first-order valence-corrected chi connectivity index (χ1v) is 11.3. The molecule has 4 rings (SSSR count). The minimum Gasteiger partial charge on any atom is -0.478 e. The summed E-state index contributed by atoms with van der Waals surface area (Å²) in [4.78, 5) is 23.5. The van der Waals surface area contributed by atoms with Crippen LogP contribution in [0.1, 0.15) is 42.1 Å². The van der Waals surface area contributed by atoms with Crippen molar-refractivity contribution in [3.63, 3.8) is 0 Å². The summed E-state index contributed by atoms with van der Waals surface area (Å²) in [5.74, 6) is -0.458. The van der Waals surface area contributed by atoms with Gasteiger partial charge in [-0.2, -0.15) is 0 Å². The number of nitrogens with zero attached hydrogens (tertiary/aromatic N) is 1. The fourth-order valence-corrected chi connectivity index (χ4v) is 6.83. The molecule has 1 heterocycles. The molecule has 2 aromatic carbocycles. The van der Waals surface area contributed by atoms with E-state index in [1.54, 1.807) is 30.3 Å². The van der Waals surface area contributed by atoms with Crippen molar-refractivity contribution >= 4 is 40.7 Å². The lowest BCUT2D eigenvalue weighted by molar-refractivity contribution is -0.387. The molecule has 0 bridgehead atoms. The first kappa shape index (κ1) is 21.0. The number of nitro groups is 1. The van der Waals surface area contributed by atoms with Gasteiger partial charge in [0.25, 0.3) is 5.69 Å². The molecule has 8 heteroatoms. The molecule has 30 heavy (non-hydrogen) atoms. The van der Waals surface area contributed by atoms with Crippen LogP contribution in [-0.2, 0) is 0 Å². The van der Waals surface area contributed by atoms with E-state index in [9.17, 15) is 20.0 Å². The van der Waals surface area contributed by atoms with Gasteiger partial charge < -0.3 is 10.4 Å². The Bertz CT molecular complexity index is 999. The number of carbonyl (C=O) groups is 1. The summed E-state index contributed by atoms with van der Waals surface area (Å²) in [5, 5.41) is 24.3. The lowest BCUT2D eigenvalue weighted by Crippen LogP contribution is -2.41. The Balaban J connectivity index is 1.72. The molecule has 1 aliphatic carbocycles. The Labute approximate surface area is 184 Å². The van der Waals surface area contributed by atoms with Crippen molar-refractivity contribution in [3.8, 4) is 0 Å². The van der Waals surface area contributed by atoms with Crippen LogP contribution in [0.2, 0.25) is 0 Å². The minimum absolute atomic E-state index is 0.00474. The maximum absolute atomic E-state index is 11.8. The highest BCUT2D eigenvalue weighted by Crippen LogP contribution is 2.56. The predicted octanol–water partition coefficient (Wildman–Crippen LogP) is 5.61. The number of anilines is 1. The van der Waals surface area contributed by atoms with Crippen LogP contribution in [0.25, 0.3) is 0 Å². The highest BCUT2D eigenvalue weighted by atomic mass is 35.5. The van der Waals surface area contributed by atoms with Gasteiger partial charge in [0.2, 0.25) is 0 Å². The number of aromatic carboxylic acids is 1. The quantitative estimate of drug-likeness (QED) is 0.352. The molecule has 0 amide bonds. The van der Waals surface area contributed by atoms with Crippen LogP contribution in [0.3, 0.4) is 0 Å². The van der Waals surface area contributed by atoms with Crippen molar-refractivity contribution in [2.45, 2.75) is 47.8 Å². The molecular formula is C22H23ClN2O4S. The first-order chi connectivity index (χ1) is 14.3. The van der Waals surface area contributed by atoms with Gasteiger partial charge in [0.15, 0.2) is 0 Å². The summed E-state index contributed by atoms with van der Waals surface area (Å²) in [7, 11) is 0. The van der Waals surface area contributed by atoms with Gasteiger partial charge >= 0.3 is 5.97 Å². The number of hydrogen-bond acceptors (Lipinski definition) is 5. The molecule has 2 N–H and O–H groups in total. The Hall–Kier alpha value is -2.25. The molecule has 1 aliphatic heterocycles. The average molecular weight is 447 g/mol. The minimum atomic E-state index is -0.963. The van der Waals surface area contributed by atoms with Gasteiger partial charge in [-0.3, -0.25) is 10.1 Å². The number of carboxylic acid groups (broad SMARTS) is 1. The number of benzene rings is 2. The number of para-hydroxylation sites is 2. The van der Waals surface area contributed by atoms with E-state index >= 15 is 0 Å². The molecule has 2 aliphatic rings. The molecule has 0 aromatic heterocycles. The number of carboxylic acids is 1. The summed E-state index contributed by atoms with van der Waals surface area (Å²) >= 11 is 8.46. The molecular weight excluding hydrogens is 424 g/mol. The number of fused-ring (bicyclic) bond motifs is 3. The normalized spacial score (nSPS) is 27.3. The van der Waals surface area contributed by atoms with Gasteiger partial charge in [-0.05, 0) is 36.0 Å². The van der Waals surface area contributed by atoms with E-state index in [2.05, 4.69) is 19.2 Å². The van der Waals surface area contributed by atoms with Crippen LogP contribution in [0.15, 0.2) is 47.4 Å². The number of thioether (sulfide) groups is 1. The van der Waals surface area contributed by atoms with Gasteiger partial charge in [0.1, 0.15) is 0 Å². The maximum Gasteiger partial charge on any atom is 0.337 e. The van der Waals surface area contributed by atoms with E-state index in [4.69, 9.17) is 11.6 Å². The third kappa shape index (κ3) is 3.54. The molecule has 1 saturated carbocycles. The molecule has 0 unspecified atom stereocenters. The summed E-state index contributed by atoms with van der Waals surface area (Å²) in [6.07, 6.45) is 0.808. The van der Waals surface area contributed by atoms with Crippen molar-refractivity contribution in [1.82, 2.24) is 0 Å². The van der Waals surface area contributed by atoms with Crippen LogP contribution in [0, 0.1) is 22.0 Å². The third-order valence-electron chi connectivity index (χ3n) is 6.18. The molecule has 5 atom stereocenters. The van der Waals surface area contributed by atoms with E-state index in [0.29, 0.717) is 10.6 Å². The van der Waals surface area contributed by atoms with Crippen LogP contribution in [-0.4, -0.2) is 32.7 Å². The Morgan fingerprint density at radius 2 is 2.00 bits per heavy atom. The zero-order valence-electron chi connectivity index (χ0n) is 16.6. The predicted molar refractivity (Wildman–Crippen MR) is 119 cm³/mol. The lowest BCUT2D eigenvalue weighted by atomic mass is 9.75. The van der Waals surface area contributed by atoms with Gasteiger partial charge in [-0.15, -0.1) is 23.4 Å². The van der Waals surface area contributed by atoms with Crippen molar-refractivity contribution in [2.75, 3.05) is 5.32 Å². The standard InChI is InChI=1S/C22H23ClN2O4S/c1-11(2)20-14-10-17(30-16-9-4-3-8-15(16)25(28)29)19(23)18(14)12-6-5-7-13(22(26)27)21(12)24-20/h3-9,11,14,17-20,24H,10H2,1-2H3,(H,26,27)/t14-,17+,18+,19+,20+/m1/s1. The van der Waals surface area contributed by atoms with Gasteiger partial charge in [0, 0.05) is 23.3 Å². The van der Waals surface area contributed by atoms with Crippen LogP contribution in [0.5, 0.6) is 0 Å². The lowest BCUT2D eigenvalue weighted by Gasteiger charge is -2.40. The Kier molecular flexibility index (Phi) is 5.68. The summed E-state index contributed by atoms with van der Waals surface area (Å²) in [6, 6.07) is 12.2. The average Bonchev–Trinajstić information content (AvgIpc) is 3.03. The van der Waals surface area contributed by atoms with Crippen molar-refractivity contribution in [3.05, 3.63) is 63.7 Å². The molecule has 158 valence electrons. The van der Waals surface area contributed by atoms with Crippen LogP contribution in [0.4, 0.5) is 11.4 Å². The number of halogens is 1. The SMILES string of the molecule is CC(C)[C@@H]1Nc2c(C(=O)O)cccc2[C@@H]2[C@@H](Cl)[C@@H](Sc3ccccc3[N+](=O)[O-])C[C@H]21. The largest absolute Gasteiger partial charge is 0.478 e. The zero-order chi connectivity index (χ0) is 21.6. The molecule has 0 saturated heterocycles. The highest BCUT2D eigenvalue weighted by molar-refractivity contribution is 8.00. The maximum atomic E-state index is 11.8. The highest BCUT2D eigenvalue weighted by Gasteiger charge is 2.51. The van der Waals surface area contributed by atoms with Crippen LogP contribution >= 0.6 is 23.4 Å². The molecule has 0 spiro atoms. The van der Waals surface area contributed by atoms with E-state index in [-0.39, 0.29) is 50.6 Å². The monoisotopic (exact) mass is 446 g/mol. The molecule has 0 radical (unpaired) electrons. The number of nitrogens with one attached hydrogen (secondary N) is 1. The molecule has 1 fully saturated rings. The van der Waals surface area contributed by atoms with Gasteiger partial charge in [-0.25, -0.2) is 4.79 Å². The fourth-order valence-electron chi connectivity index (χ4n) is 4.89. The van der Waals surface area contributed by atoms with Gasteiger partial charge in [-0.1, -0.05) is 38.1 Å². The molecule has 2 aromatic rings. The van der Waals surface area contributed by atoms with Crippen LogP contribution < -0.4 is 5.32 Å². The van der Waals surface area contributed by atoms with Gasteiger partial charge in [0.05, 0.1) is 26.4 Å². The number of alkyl halides is 1. The summed E-state index contributed by atoms with van der Waals surface area (Å²) < 4.78 is 0. The summed E-state index contributed by atoms with van der Waals surface area (Å²) in [6.45, 7) is 4.24. The second-order valence-corrected chi connectivity index (χ2v) is 10.0. The second kappa shape index (κ2) is 8.12. The number of hydrogen-bond donors (Lipinski definition) is 2. The third-order valence-corrected chi connectivity index (χ3v) is 8.29. The summed E-state index contributed by atoms with van der Waals surface area (Å²) in [5.41, 5.74) is 1.94. The van der Waals surface area contributed by atoms with E-state index in [1.165, 1.54) is 17.8 Å². The fraction of sp³-hybridized carbons (Fsp3) is 0.409. The first-order valence-electron chi connectivity index (χ1n) is 9.96. The zero-order valence-corrected chi connectivity index (χ0v) is 18.2. The van der Waals surface area contributed by atoms with E-state index in [0.717, 1.165) is 12.0 Å². The second-order valence-electron chi connectivity index (χ2n) is 8.24. The Morgan fingerprint density at radius 1 is 1.27 bits per heavy atom. The van der Waals surface area contributed by atoms with E-state index in [1.807, 2.05) is 6.07 Å². The molecule has 6 nitrogen and oxygen atoms in total. The smallest absolute Gasteiger partial charge is 0.337 e.